The number of halogens is 2. The average molecular weight is 401 g/mol. The molecule has 2 rings (SSSR count). The monoisotopic (exact) mass is 400 g/mol. The Labute approximate surface area is 125 Å². The lowest BCUT2D eigenvalue weighted by Crippen LogP contribution is -1.96. The van der Waals surface area contributed by atoms with Gasteiger partial charge in [-0.1, -0.05) is 52.3 Å². The van der Waals surface area contributed by atoms with Crippen molar-refractivity contribution in [1.29, 1.82) is 0 Å². The van der Waals surface area contributed by atoms with E-state index < -0.39 is 0 Å². The van der Waals surface area contributed by atoms with Gasteiger partial charge in [0, 0.05) is 3.57 Å². The van der Waals surface area contributed by atoms with Crippen LogP contribution in [0.1, 0.15) is 27.1 Å². The van der Waals surface area contributed by atoms with Crippen LogP contribution in [0.3, 0.4) is 0 Å². The molecule has 0 aliphatic rings. The summed E-state index contributed by atoms with van der Waals surface area (Å²) in [5.41, 5.74) is 5.34. The van der Waals surface area contributed by atoms with Crippen molar-refractivity contribution in [1.82, 2.24) is 0 Å². The molecule has 0 nitrogen and oxygen atoms in total. The van der Waals surface area contributed by atoms with Gasteiger partial charge in [-0.25, -0.2) is 0 Å². The van der Waals surface area contributed by atoms with Crippen molar-refractivity contribution in [2.75, 3.05) is 0 Å². The van der Waals surface area contributed by atoms with E-state index in [1.54, 1.807) is 0 Å². The van der Waals surface area contributed by atoms with Crippen LogP contribution in [0.25, 0.3) is 0 Å². The molecule has 2 heteroatoms. The first-order chi connectivity index (χ1) is 8.09. The van der Waals surface area contributed by atoms with Gasteiger partial charge in [0.2, 0.25) is 0 Å². The van der Waals surface area contributed by atoms with E-state index in [2.05, 4.69) is 94.8 Å². The molecular formula is C15H14BrI. The third kappa shape index (κ3) is 2.91. The van der Waals surface area contributed by atoms with E-state index in [1.807, 2.05) is 0 Å². The molecular weight excluding hydrogens is 387 g/mol. The number of alkyl halides is 1. The molecule has 0 saturated carbocycles. The Morgan fingerprint density at radius 2 is 1.71 bits per heavy atom. The number of benzene rings is 2. The molecule has 0 aromatic heterocycles. The molecule has 88 valence electrons. The molecule has 0 spiro atoms. The minimum atomic E-state index is 0.273. The second-order valence-electron chi connectivity index (χ2n) is 4.23. The van der Waals surface area contributed by atoms with Gasteiger partial charge >= 0.3 is 0 Å². The van der Waals surface area contributed by atoms with E-state index in [0.717, 1.165) is 0 Å². The zero-order valence-corrected chi connectivity index (χ0v) is 13.6. The Morgan fingerprint density at radius 3 is 2.35 bits per heavy atom. The summed E-state index contributed by atoms with van der Waals surface area (Å²) in [6, 6.07) is 15.1. The van der Waals surface area contributed by atoms with E-state index in [1.165, 1.54) is 25.8 Å². The van der Waals surface area contributed by atoms with Gasteiger partial charge in [-0.15, -0.1) is 0 Å². The molecule has 0 N–H and O–H groups in total. The zero-order valence-electron chi connectivity index (χ0n) is 9.87. The quantitative estimate of drug-likeness (QED) is 0.468. The molecule has 0 saturated heterocycles. The van der Waals surface area contributed by atoms with Crippen molar-refractivity contribution in [2.24, 2.45) is 0 Å². The zero-order chi connectivity index (χ0) is 12.4. The van der Waals surface area contributed by atoms with Gasteiger partial charge in [0.1, 0.15) is 0 Å². The molecule has 1 unspecified atom stereocenters. The number of hydrogen-bond donors (Lipinski definition) is 0. The summed E-state index contributed by atoms with van der Waals surface area (Å²) in [5, 5.41) is 0. The SMILES string of the molecule is Cc1ccc(C(Br)c2ccccc2I)cc1C. The van der Waals surface area contributed by atoms with Crippen LogP contribution in [0.2, 0.25) is 0 Å². The maximum Gasteiger partial charge on any atom is 0.0655 e. The lowest BCUT2D eigenvalue weighted by molar-refractivity contribution is 1.14. The fraction of sp³-hybridized carbons (Fsp3) is 0.200. The van der Waals surface area contributed by atoms with Crippen LogP contribution in [0.5, 0.6) is 0 Å². The largest absolute Gasteiger partial charge is 0.0786 e. The van der Waals surface area contributed by atoms with E-state index in [0.29, 0.717) is 0 Å². The molecule has 0 fully saturated rings. The average Bonchev–Trinajstić information content (AvgIpc) is 2.32. The fourth-order valence-corrected chi connectivity index (χ4v) is 3.59. The first kappa shape index (κ1) is 13.1. The molecule has 0 bridgehead atoms. The summed E-state index contributed by atoms with van der Waals surface area (Å²) in [6.07, 6.45) is 0. The van der Waals surface area contributed by atoms with Crippen LogP contribution in [0, 0.1) is 17.4 Å². The highest BCUT2D eigenvalue weighted by Crippen LogP contribution is 2.34. The normalized spacial score (nSPS) is 12.5. The van der Waals surface area contributed by atoms with E-state index in [-0.39, 0.29) is 4.83 Å². The van der Waals surface area contributed by atoms with Crippen molar-refractivity contribution in [3.05, 3.63) is 68.3 Å². The van der Waals surface area contributed by atoms with Crippen molar-refractivity contribution in [3.63, 3.8) is 0 Å². The van der Waals surface area contributed by atoms with Gasteiger partial charge < -0.3 is 0 Å². The number of aryl methyl sites for hydroxylation is 2. The van der Waals surface area contributed by atoms with Crippen molar-refractivity contribution in [3.8, 4) is 0 Å². The first-order valence-corrected chi connectivity index (χ1v) is 7.54. The van der Waals surface area contributed by atoms with Gasteiger partial charge in [-0.05, 0) is 64.8 Å². The third-order valence-corrected chi connectivity index (χ3v) is 5.01. The van der Waals surface area contributed by atoms with Crippen molar-refractivity contribution in [2.45, 2.75) is 18.7 Å². The topological polar surface area (TPSA) is 0 Å². The van der Waals surface area contributed by atoms with Crippen LogP contribution >= 0.6 is 38.5 Å². The minimum Gasteiger partial charge on any atom is -0.0786 e. The Bertz CT molecular complexity index is 534. The first-order valence-electron chi connectivity index (χ1n) is 5.55. The van der Waals surface area contributed by atoms with Crippen LogP contribution in [0.4, 0.5) is 0 Å². The number of hydrogen-bond acceptors (Lipinski definition) is 0. The van der Waals surface area contributed by atoms with Crippen LogP contribution in [-0.2, 0) is 0 Å². The standard InChI is InChI=1S/C15H14BrI/c1-10-7-8-12(9-11(10)2)15(16)13-5-3-4-6-14(13)17/h3-9,15H,1-2H3. The highest BCUT2D eigenvalue weighted by atomic mass is 127. The Balaban J connectivity index is 2.40. The molecule has 0 radical (unpaired) electrons. The predicted octanol–water partition coefficient (Wildman–Crippen LogP) is 5.39. The van der Waals surface area contributed by atoms with Gasteiger partial charge in [0.15, 0.2) is 0 Å². The molecule has 0 heterocycles. The maximum atomic E-state index is 3.80. The second-order valence-corrected chi connectivity index (χ2v) is 6.31. The predicted molar refractivity (Wildman–Crippen MR) is 85.8 cm³/mol. The van der Waals surface area contributed by atoms with Gasteiger partial charge in [-0.2, -0.15) is 0 Å². The van der Waals surface area contributed by atoms with E-state index in [9.17, 15) is 0 Å². The van der Waals surface area contributed by atoms with E-state index >= 15 is 0 Å². The fourth-order valence-electron chi connectivity index (χ4n) is 1.78. The Morgan fingerprint density at radius 1 is 1.00 bits per heavy atom. The van der Waals surface area contributed by atoms with Crippen LogP contribution in [-0.4, -0.2) is 0 Å². The molecule has 1 atom stereocenters. The van der Waals surface area contributed by atoms with E-state index in [4.69, 9.17) is 0 Å². The molecule has 2 aromatic carbocycles. The van der Waals surface area contributed by atoms with Crippen LogP contribution < -0.4 is 0 Å². The van der Waals surface area contributed by atoms with Gasteiger partial charge in [0.25, 0.3) is 0 Å². The summed E-state index contributed by atoms with van der Waals surface area (Å²) in [4.78, 5) is 0.273. The molecule has 2 aromatic rings. The minimum absolute atomic E-state index is 0.273. The Kier molecular flexibility index (Phi) is 4.26. The summed E-state index contributed by atoms with van der Waals surface area (Å²) in [7, 11) is 0. The highest BCUT2D eigenvalue weighted by molar-refractivity contribution is 14.1. The second kappa shape index (κ2) is 5.53. The van der Waals surface area contributed by atoms with Crippen molar-refractivity contribution < 1.29 is 0 Å². The summed E-state index contributed by atoms with van der Waals surface area (Å²) >= 11 is 6.19. The summed E-state index contributed by atoms with van der Waals surface area (Å²) in [6.45, 7) is 4.31. The van der Waals surface area contributed by atoms with Crippen LogP contribution in [0.15, 0.2) is 42.5 Å². The van der Waals surface area contributed by atoms with Gasteiger partial charge in [-0.3, -0.25) is 0 Å². The van der Waals surface area contributed by atoms with Gasteiger partial charge in [0.05, 0.1) is 4.83 Å². The molecule has 17 heavy (non-hydrogen) atoms. The Hall–Kier alpha value is -0.350. The molecule has 0 amide bonds. The highest BCUT2D eigenvalue weighted by Gasteiger charge is 2.13. The summed E-state index contributed by atoms with van der Waals surface area (Å²) in [5.74, 6) is 0. The smallest absolute Gasteiger partial charge is 0.0655 e. The molecule has 0 aliphatic carbocycles. The maximum absolute atomic E-state index is 3.80. The number of rotatable bonds is 2. The van der Waals surface area contributed by atoms with Crippen molar-refractivity contribution >= 4 is 38.5 Å². The third-order valence-electron chi connectivity index (χ3n) is 3.00. The lowest BCUT2D eigenvalue weighted by atomic mass is 10.0. The lowest BCUT2D eigenvalue weighted by Gasteiger charge is -2.14. The summed E-state index contributed by atoms with van der Waals surface area (Å²) < 4.78 is 1.30. The molecule has 0 aliphatic heterocycles.